The zero-order valence-corrected chi connectivity index (χ0v) is 12.6. The number of alkyl halides is 4. The molecule has 1 amide bonds. The molecular formula is C14H21ClF3NO2. The van der Waals surface area contributed by atoms with Crippen molar-refractivity contribution >= 4 is 17.5 Å². The standard InChI is InChI=1S/C14H21ClF3NO2/c15-9-13(5-7-21-8-6-13)19-12(20)10-1-3-11(4-2-10)14(16,17)18/h10-11H,1-9H2,(H,19,20). The topological polar surface area (TPSA) is 38.3 Å². The Bertz CT molecular complexity index is 362. The van der Waals surface area contributed by atoms with E-state index in [0.717, 1.165) is 0 Å². The lowest BCUT2D eigenvalue weighted by molar-refractivity contribution is -0.184. The summed E-state index contributed by atoms with van der Waals surface area (Å²) < 4.78 is 43.1. The van der Waals surface area contributed by atoms with Crippen molar-refractivity contribution in [3.63, 3.8) is 0 Å². The first-order valence-corrected chi connectivity index (χ1v) is 7.92. The van der Waals surface area contributed by atoms with E-state index in [1.165, 1.54) is 0 Å². The molecule has 1 saturated carbocycles. The van der Waals surface area contributed by atoms with Crippen LogP contribution in [0.4, 0.5) is 13.2 Å². The SMILES string of the molecule is O=C(NC1(CCl)CCOCC1)C1CCC(C(F)(F)F)CC1. The fourth-order valence-electron chi connectivity index (χ4n) is 3.10. The summed E-state index contributed by atoms with van der Waals surface area (Å²) in [5.41, 5.74) is -0.461. The molecule has 1 aliphatic heterocycles. The van der Waals surface area contributed by atoms with Gasteiger partial charge < -0.3 is 10.1 Å². The first-order valence-electron chi connectivity index (χ1n) is 7.39. The van der Waals surface area contributed by atoms with Crippen molar-refractivity contribution < 1.29 is 22.7 Å². The molecule has 0 aromatic rings. The quantitative estimate of drug-likeness (QED) is 0.808. The number of amides is 1. The molecule has 2 aliphatic rings. The van der Waals surface area contributed by atoms with Crippen LogP contribution < -0.4 is 5.32 Å². The molecule has 21 heavy (non-hydrogen) atoms. The Balaban J connectivity index is 1.87. The van der Waals surface area contributed by atoms with Crippen molar-refractivity contribution in [2.45, 2.75) is 50.2 Å². The van der Waals surface area contributed by atoms with Gasteiger partial charge in [0.2, 0.25) is 5.91 Å². The average Bonchev–Trinajstić information content (AvgIpc) is 2.47. The minimum absolute atomic E-state index is 0.0403. The summed E-state index contributed by atoms with van der Waals surface area (Å²) in [6.45, 7) is 1.10. The fraction of sp³-hybridized carbons (Fsp3) is 0.929. The lowest BCUT2D eigenvalue weighted by atomic mass is 9.80. The Morgan fingerprint density at radius 2 is 1.76 bits per heavy atom. The summed E-state index contributed by atoms with van der Waals surface area (Å²) in [6.07, 6.45) is -2.16. The second kappa shape index (κ2) is 6.73. The Morgan fingerprint density at radius 1 is 1.19 bits per heavy atom. The summed E-state index contributed by atoms with van der Waals surface area (Å²) in [4.78, 5) is 12.3. The number of halogens is 4. The Kier molecular flexibility index (Phi) is 5.41. The molecule has 0 atom stereocenters. The summed E-state index contributed by atoms with van der Waals surface area (Å²) in [7, 11) is 0. The van der Waals surface area contributed by atoms with Gasteiger partial charge in [0.1, 0.15) is 0 Å². The number of carbonyl (C=O) groups excluding carboxylic acids is 1. The zero-order chi connectivity index (χ0) is 15.5. The predicted molar refractivity (Wildman–Crippen MR) is 73.1 cm³/mol. The predicted octanol–water partition coefficient (Wildman–Crippen LogP) is 3.26. The van der Waals surface area contributed by atoms with Crippen molar-refractivity contribution in [3.05, 3.63) is 0 Å². The summed E-state index contributed by atoms with van der Waals surface area (Å²) in [6, 6.07) is 0. The third kappa shape index (κ3) is 4.25. The number of carbonyl (C=O) groups is 1. The van der Waals surface area contributed by atoms with Crippen LogP contribution in [0.15, 0.2) is 0 Å². The third-order valence-corrected chi connectivity index (χ3v) is 5.17. The van der Waals surface area contributed by atoms with E-state index in [9.17, 15) is 18.0 Å². The zero-order valence-electron chi connectivity index (χ0n) is 11.8. The van der Waals surface area contributed by atoms with Crippen molar-refractivity contribution in [2.75, 3.05) is 19.1 Å². The van der Waals surface area contributed by atoms with E-state index >= 15 is 0 Å². The van der Waals surface area contributed by atoms with E-state index in [1.54, 1.807) is 0 Å². The largest absolute Gasteiger partial charge is 0.391 e. The second-order valence-corrected chi connectivity index (χ2v) is 6.37. The highest BCUT2D eigenvalue weighted by molar-refractivity contribution is 6.18. The third-order valence-electron chi connectivity index (χ3n) is 4.65. The van der Waals surface area contributed by atoms with Crippen LogP contribution in [0, 0.1) is 11.8 Å². The smallest absolute Gasteiger partial charge is 0.381 e. The number of hydrogen-bond donors (Lipinski definition) is 1. The van der Waals surface area contributed by atoms with Crippen LogP contribution in [0.2, 0.25) is 0 Å². The molecule has 122 valence electrons. The molecule has 1 aliphatic carbocycles. The molecule has 1 saturated heterocycles. The van der Waals surface area contributed by atoms with Gasteiger partial charge in [-0.15, -0.1) is 11.6 Å². The van der Waals surface area contributed by atoms with Gasteiger partial charge in [0.05, 0.1) is 11.5 Å². The summed E-state index contributed by atoms with van der Waals surface area (Å²) in [5.74, 6) is -1.43. The average molecular weight is 328 g/mol. The molecule has 0 radical (unpaired) electrons. The van der Waals surface area contributed by atoms with Gasteiger partial charge in [0.25, 0.3) is 0 Å². The number of hydrogen-bond acceptors (Lipinski definition) is 2. The van der Waals surface area contributed by atoms with Crippen LogP contribution in [0.5, 0.6) is 0 Å². The van der Waals surface area contributed by atoms with Crippen LogP contribution in [-0.4, -0.2) is 36.7 Å². The van der Waals surface area contributed by atoms with Gasteiger partial charge >= 0.3 is 6.18 Å². The fourth-order valence-corrected chi connectivity index (χ4v) is 3.43. The molecule has 2 fully saturated rings. The van der Waals surface area contributed by atoms with Crippen molar-refractivity contribution in [2.24, 2.45) is 11.8 Å². The van der Waals surface area contributed by atoms with Gasteiger partial charge in [-0.1, -0.05) is 0 Å². The van der Waals surface area contributed by atoms with Gasteiger partial charge in [0.15, 0.2) is 0 Å². The molecule has 0 spiro atoms. The molecule has 7 heteroatoms. The van der Waals surface area contributed by atoms with Crippen LogP contribution >= 0.6 is 11.6 Å². The molecule has 2 rings (SSSR count). The van der Waals surface area contributed by atoms with E-state index in [2.05, 4.69) is 5.32 Å². The highest BCUT2D eigenvalue weighted by Crippen LogP contribution is 2.39. The second-order valence-electron chi connectivity index (χ2n) is 6.11. The van der Waals surface area contributed by atoms with Crippen molar-refractivity contribution in [1.82, 2.24) is 5.32 Å². The lowest BCUT2D eigenvalue weighted by Crippen LogP contribution is -2.55. The van der Waals surface area contributed by atoms with E-state index in [1.807, 2.05) is 0 Å². The normalized spacial score (nSPS) is 29.9. The molecule has 1 heterocycles. The summed E-state index contributed by atoms with van der Waals surface area (Å²) >= 11 is 5.98. The van der Waals surface area contributed by atoms with Crippen molar-refractivity contribution in [1.29, 1.82) is 0 Å². The number of ether oxygens (including phenoxy) is 1. The first-order chi connectivity index (χ1) is 9.86. The van der Waals surface area contributed by atoms with E-state index in [4.69, 9.17) is 16.3 Å². The number of rotatable bonds is 3. The lowest BCUT2D eigenvalue weighted by Gasteiger charge is -2.38. The highest BCUT2D eigenvalue weighted by Gasteiger charge is 2.43. The van der Waals surface area contributed by atoms with Crippen LogP contribution in [-0.2, 0) is 9.53 Å². The van der Waals surface area contributed by atoms with Gasteiger partial charge in [0, 0.05) is 25.0 Å². The molecule has 0 aromatic heterocycles. The first kappa shape index (κ1) is 16.9. The van der Waals surface area contributed by atoms with E-state index < -0.39 is 17.6 Å². The molecule has 0 bridgehead atoms. The Labute approximate surface area is 127 Å². The molecule has 0 unspecified atom stereocenters. The van der Waals surface area contributed by atoms with Crippen molar-refractivity contribution in [3.8, 4) is 0 Å². The molecule has 1 N–H and O–H groups in total. The maximum atomic E-state index is 12.6. The monoisotopic (exact) mass is 327 g/mol. The van der Waals surface area contributed by atoms with Gasteiger partial charge in [-0.05, 0) is 38.5 Å². The maximum absolute atomic E-state index is 12.6. The van der Waals surface area contributed by atoms with Crippen LogP contribution in [0.25, 0.3) is 0 Å². The van der Waals surface area contributed by atoms with E-state index in [-0.39, 0.29) is 24.7 Å². The Morgan fingerprint density at radius 3 is 2.24 bits per heavy atom. The number of nitrogens with one attached hydrogen (secondary N) is 1. The van der Waals surface area contributed by atoms with Gasteiger partial charge in [-0.2, -0.15) is 13.2 Å². The maximum Gasteiger partial charge on any atom is 0.391 e. The van der Waals surface area contributed by atoms with Crippen LogP contribution in [0.3, 0.4) is 0 Å². The minimum Gasteiger partial charge on any atom is -0.381 e. The molecular weight excluding hydrogens is 307 g/mol. The molecule has 0 aromatic carbocycles. The minimum atomic E-state index is -4.14. The van der Waals surface area contributed by atoms with E-state index in [0.29, 0.717) is 44.8 Å². The van der Waals surface area contributed by atoms with Crippen LogP contribution in [0.1, 0.15) is 38.5 Å². The Hall–Kier alpha value is -0.490. The highest BCUT2D eigenvalue weighted by atomic mass is 35.5. The van der Waals surface area contributed by atoms with Gasteiger partial charge in [-0.25, -0.2) is 0 Å². The van der Waals surface area contributed by atoms with Gasteiger partial charge in [-0.3, -0.25) is 4.79 Å². The molecule has 3 nitrogen and oxygen atoms in total. The summed E-state index contributed by atoms with van der Waals surface area (Å²) in [5, 5.41) is 2.97.